The molecule has 0 aliphatic heterocycles. The van der Waals surface area contributed by atoms with Gasteiger partial charge in [-0.05, 0) is 12.3 Å². The minimum Gasteiger partial charge on any atom is -0.448 e. The molecule has 0 bridgehead atoms. The average Bonchev–Trinajstić information content (AvgIpc) is 2.52. The van der Waals surface area contributed by atoms with Crippen LogP contribution in [0.2, 0.25) is 0 Å². The summed E-state index contributed by atoms with van der Waals surface area (Å²) in [7, 11) is 0. The van der Waals surface area contributed by atoms with E-state index < -0.39 is 0 Å². The summed E-state index contributed by atoms with van der Waals surface area (Å²) in [4.78, 5) is 4.25. The summed E-state index contributed by atoms with van der Waals surface area (Å²) in [5, 5.41) is 0. The van der Waals surface area contributed by atoms with Crippen molar-refractivity contribution in [3.63, 3.8) is 0 Å². The van der Waals surface area contributed by atoms with Crippen LogP contribution in [0.15, 0.2) is 10.8 Å². The van der Waals surface area contributed by atoms with Crippen LogP contribution in [-0.4, -0.2) is 4.98 Å². The molecule has 1 aromatic heterocycles. The molecule has 0 aliphatic carbocycles. The van der Waals surface area contributed by atoms with E-state index in [2.05, 4.69) is 32.7 Å². The van der Waals surface area contributed by atoms with Gasteiger partial charge in [-0.25, -0.2) is 4.98 Å². The monoisotopic (exact) mass is 181 g/mol. The molecule has 0 amide bonds. The molecule has 0 fully saturated rings. The maximum atomic E-state index is 5.43. The number of aromatic nitrogens is 1. The summed E-state index contributed by atoms with van der Waals surface area (Å²) < 4.78 is 5.43. The van der Waals surface area contributed by atoms with Gasteiger partial charge >= 0.3 is 0 Å². The fourth-order valence-electron chi connectivity index (χ4n) is 1.63. The Balaban J connectivity index is 2.80. The van der Waals surface area contributed by atoms with E-state index in [0.29, 0.717) is 11.8 Å². The van der Waals surface area contributed by atoms with Crippen molar-refractivity contribution in [2.75, 3.05) is 0 Å². The van der Waals surface area contributed by atoms with Gasteiger partial charge in [-0.2, -0.15) is 0 Å². The Kier molecular flexibility index (Phi) is 3.52. The lowest BCUT2D eigenvalue weighted by molar-refractivity contribution is 0.450. The summed E-state index contributed by atoms with van der Waals surface area (Å²) in [6.07, 6.45) is 3.94. The van der Waals surface area contributed by atoms with E-state index in [1.807, 2.05) is 0 Å². The summed E-state index contributed by atoms with van der Waals surface area (Å²) >= 11 is 0. The highest BCUT2D eigenvalue weighted by Gasteiger charge is 2.16. The zero-order chi connectivity index (χ0) is 9.84. The van der Waals surface area contributed by atoms with Crippen LogP contribution in [0.3, 0.4) is 0 Å². The zero-order valence-corrected chi connectivity index (χ0v) is 9.00. The second-order valence-corrected chi connectivity index (χ2v) is 3.95. The van der Waals surface area contributed by atoms with Crippen molar-refractivity contribution in [1.82, 2.24) is 4.98 Å². The molecule has 0 saturated heterocycles. The minimum absolute atomic E-state index is 0.466. The van der Waals surface area contributed by atoms with Crippen LogP contribution in [0.4, 0.5) is 0 Å². The Morgan fingerprint density at radius 1 is 1.38 bits per heavy atom. The van der Waals surface area contributed by atoms with Crippen LogP contribution in [0.1, 0.15) is 63.8 Å². The first-order chi connectivity index (χ1) is 6.16. The summed E-state index contributed by atoms with van der Waals surface area (Å²) in [5.41, 5.74) is 1.13. The Bertz CT molecular complexity index is 252. The molecule has 0 spiro atoms. The maximum Gasteiger partial charge on any atom is 0.181 e. The van der Waals surface area contributed by atoms with Gasteiger partial charge in [0, 0.05) is 5.92 Å². The van der Waals surface area contributed by atoms with E-state index >= 15 is 0 Å². The average molecular weight is 181 g/mol. The highest BCUT2D eigenvalue weighted by Crippen LogP contribution is 2.27. The summed E-state index contributed by atoms with van der Waals surface area (Å²) in [5.74, 6) is 2.05. The van der Waals surface area contributed by atoms with Crippen LogP contribution < -0.4 is 0 Å². The third kappa shape index (κ3) is 2.33. The molecule has 1 atom stereocenters. The van der Waals surface area contributed by atoms with Crippen LogP contribution in [0.25, 0.3) is 0 Å². The topological polar surface area (TPSA) is 26.0 Å². The van der Waals surface area contributed by atoms with Gasteiger partial charge in [0.2, 0.25) is 0 Å². The largest absolute Gasteiger partial charge is 0.448 e. The van der Waals surface area contributed by atoms with Crippen molar-refractivity contribution in [1.29, 1.82) is 0 Å². The molecule has 0 saturated carbocycles. The van der Waals surface area contributed by atoms with Gasteiger partial charge < -0.3 is 4.42 Å². The van der Waals surface area contributed by atoms with Gasteiger partial charge in [-0.15, -0.1) is 0 Å². The Morgan fingerprint density at radius 3 is 2.62 bits per heavy atom. The first-order valence-electron chi connectivity index (χ1n) is 5.10. The second kappa shape index (κ2) is 4.45. The van der Waals surface area contributed by atoms with Crippen LogP contribution in [0.5, 0.6) is 0 Å². The predicted molar refractivity (Wildman–Crippen MR) is 53.9 cm³/mol. The molecule has 2 nitrogen and oxygen atoms in total. The molecule has 2 heteroatoms. The number of hydrogen-bond acceptors (Lipinski definition) is 2. The van der Waals surface area contributed by atoms with Gasteiger partial charge in [0.1, 0.15) is 5.76 Å². The second-order valence-electron chi connectivity index (χ2n) is 3.95. The fourth-order valence-corrected chi connectivity index (χ4v) is 1.63. The van der Waals surface area contributed by atoms with Crippen molar-refractivity contribution >= 4 is 0 Å². The number of rotatable bonds is 4. The number of oxazole rings is 1. The van der Waals surface area contributed by atoms with Gasteiger partial charge in [0.15, 0.2) is 6.39 Å². The van der Waals surface area contributed by atoms with E-state index in [1.165, 1.54) is 12.8 Å². The van der Waals surface area contributed by atoms with Crippen molar-refractivity contribution < 1.29 is 4.42 Å². The molecule has 13 heavy (non-hydrogen) atoms. The van der Waals surface area contributed by atoms with Crippen LogP contribution in [-0.2, 0) is 0 Å². The van der Waals surface area contributed by atoms with Gasteiger partial charge in [-0.1, -0.05) is 34.1 Å². The van der Waals surface area contributed by atoms with Crippen molar-refractivity contribution in [3.8, 4) is 0 Å². The number of nitrogens with zero attached hydrogens (tertiary/aromatic N) is 1. The SMILES string of the molecule is CCCC(C)c1ocnc1C(C)C. The molecule has 0 aromatic carbocycles. The Hall–Kier alpha value is -0.790. The Morgan fingerprint density at radius 2 is 2.08 bits per heavy atom. The third-order valence-electron chi connectivity index (χ3n) is 2.34. The van der Waals surface area contributed by atoms with E-state index in [4.69, 9.17) is 4.42 Å². The van der Waals surface area contributed by atoms with Crippen molar-refractivity contribution in [2.45, 2.75) is 52.4 Å². The van der Waals surface area contributed by atoms with E-state index in [-0.39, 0.29) is 0 Å². The molecule has 0 radical (unpaired) electrons. The van der Waals surface area contributed by atoms with Gasteiger partial charge in [0.05, 0.1) is 5.69 Å². The normalized spacial score (nSPS) is 13.6. The third-order valence-corrected chi connectivity index (χ3v) is 2.34. The molecule has 0 N–H and O–H groups in total. The highest BCUT2D eigenvalue weighted by atomic mass is 16.3. The molecule has 1 heterocycles. The van der Waals surface area contributed by atoms with Crippen molar-refractivity contribution in [2.24, 2.45) is 0 Å². The lowest BCUT2D eigenvalue weighted by atomic mass is 9.97. The number of hydrogen-bond donors (Lipinski definition) is 0. The van der Waals surface area contributed by atoms with Crippen molar-refractivity contribution in [3.05, 3.63) is 17.8 Å². The summed E-state index contributed by atoms with van der Waals surface area (Å²) in [6, 6.07) is 0. The molecule has 1 aromatic rings. The first-order valence-corrected chi connectivity index (χ1v) is 5.10. The maximum absolute atomic E-state index is 5.43. The predicted octanol–water partition coefficient (Wildman–Crippen LogP) is 3.70. The molecule has 1 unspecified atom stereocenters. The Labute approximate surface area is 80.4 Å². The molecule has 0 aliphatic rings. The molecular formula is C11H19NO. The summed E-state index contributed by atoms with van der Waals surface area (Å²) in [6.45, 7) is 8.71. The highest BCUT2D eigenvalue weighted by molar-refractivity contribution is 5.15. The standard InChI is InChI=1S/C11H19NO/c1-5-6-9(4)11-10(8(2)3)12-7-13-11/h7-9H,5-6H2,1-4H3. The van der Waals surface area contributed by atoms with E-state index in [0.717, 1.165) is 11.5 Å². The first kappa shape index (κ1) is 10.3. The molecule has 74 valence electrons. The quantitative estimate of drug-likeness (QED) is 0.707. The lowest BCUT2D eigenvalue weighted by Gasteiger charge is -2.09. The van der Waals surface area contributed by atoms with Gasteiger partial charge in [-0.3, -0.25) is 0 Å². The fraction of sp³-hybridized carbons (Fsp3) is 0.727. The smallest absolute Gasteiger partial charge is 0.181 e. The van der Waals surface area contributed by atoms with Crippen LogP contribution >= 0.6 is 0 Å². The van der Waals surface area contributed by atoms with E-state index in [9.17, 15) is 0 Å². The molecule has 1 rings (SSSR count). The minimum atomic E-state index is 0.466. The van der Waals surface area contributed by atoms with Crippen LogP contribution in [0, 0.1) is 0 Å². The van der Waals surface area contributed by atoms with E-state index in [1.54, 1.807) is 6.39 Å². The molecular weight excluding hydrogens is 162 g/mol. The van der Waals surface area contributed by atoms with Gasteiger partial charge in [0.25, 0.3) is 0 Å². The zero-order valence-electron chi connectivity index (χ0n) is 9.00. The lowest BCUT2D eigenvalue weighted by Crippen LogP contribution is -1.98.